The molecule has 1 aromatic heterocycles. The summed E-state index contributed by atoms with van der Waals surface area (Å²) in [7, 11) is 0. The average Bonchev–Trinajstić information content (AvgIpc) is 3.06. The first-order valence-electron chi connectivity index (χ1n) is 8.40. The second-order valence-electron chi connectivity index (χ2n) is 6.07. The van der Waals surface area contributed by atoms with Gasteiger partial charge in [-0.2, -0.15) is 0 Å². The van der Waals surface area contributed by atoms with Gasteiger partial charge in [0, 0.05) is 15.7 Å². The first kappa shape index (κ1) is 20.5. The van der Waals surface area contributed by atoms with Gasteiger partial charge in [0.05, 0.1) is 5.75 Å². The molecule has 0 unspecified atom stereocenters. The number of nitrogens with one attached hydrogen (secondary N) is 2. The lowest BCUT2D eigenvalue weighted by molar-refractivity contribution is -0.113. The maximum absolute atomic E-state index is 12.1. The third-order valence-corrected chi connectivity index (χ3v) is 5.04. The van der Waals surface area contributed by atoms with E-state index in [4.69, 9.17) is 27.9 Å². The smallest absolute Gasteiger partial charge is 0.234 e. The summed E-state index contributed by atoms with van der Waals surface area (Å²) in [6.07, 6.45) is 0. The molecule has 0 aliphatic carbocycles. The zero-order chi connectivity index (χ0) is 20.1. The third-order valence-electron chi connectivity index (χ3n) is 3.75. The van der Waals surface area contributed by atoms with E-state index < -0.39 is 0 Å². The highest BCUT2D eigenvalue weighted by Crippen LogP contribution is 2.24. The van der Waals surface area contributed by atoms with E-state index in [2.05, 4.69) is 20.5 Å². The molecular weight excluding hydrogens is 419 g/mol. The van der Waals surface area contributed by atoms with Gasteiger partial charge < -0.3 is 10.1 Å². The lowest BCUT2D eigenvalue weighted by Gasteiger charge is -2.10. The predicted molar refractivity (Wildman–Crippen MR) is 112 cm³/mol. The quantitative estimate of drug-likeness (QED) is 0.507. The molecule has 0 atom stereocenters. The number of rotatable bonds is 7. The van der Waals surface area contributed by atoms with Crippen molar-refractivity contribution in [2.24, 2.45) is 0 Å². The van der Waals surface area contributed by atoms with Gasteiger partial charge in [0.1, 0.15) is 12.4 Å². The van der Waals surface area contributed by atoms with E-state index in [-0.39, 0.29) is 18.3 Å². The number of nitrogens with zero attached hydrogens (tertiary/aromatic N) is 2. The molecule has 0 saturated heterocycles. The van der Waals surface area contributed by atoms with Gasteiger partial charge in [-0.15, -0.1) is 5.10 Å². The van der Waals surface area contributed by atoms with Gasteiger partial charge in [-0.3, -0.25) is 9.89 Å². The van der Waals surface area contributed by atoms with Crippen LogP contribution in [0.15, 0.2) is 41.6 Å². The normalized spacial score (nSPS) is 10.7. The van der Waals surface area contributed by atoms with Crippen LogP contribution in [0.4, 0.5) is 5.69 Å². The summed E-state index contributed by atoms with van der Waals surface area (Å²) in [5.41, 5.74) is 2.67. The molecule has 2 N–H and O–H groups in total. The van der Waals surface area contributed by atoms with Crippen LogP contribution >= 0.6 is 35.0 Å². The first-order valence-corrected chi connectivity index (χ1v) is 10.1. The predicted octanol–water partition coefficient (Wildman–Crippen LogP) is 5.04. The van der Waals surface area contributed by atoms with Crippen LogP contribution in [-0.4, -0.2) is 26.8 Å². The number of H-pyrrole nitrogens is 1. The van der Waals surface area contributed by atoms with Gasteiger partial charge in [0.25, 0.3) is 0 Å². The number of aryl methyl sites for hydroxylation is 2. The number of para-hydroxylation sites is 1. The van der Waals surface area contributed by atoms with Crippen molar-refractivity contribution in [2.45, 2.75) is 25.6 Å². The summed E-state index contributed by atoms with van der Waals surface area (Å²) < 4.78 is 5.85. The summed E-state index contributed by atoms with van der Waals surface area (Å²) in [5, 5.41) is 11.1. The Labute approximate surface area is 177 Å². The lowest BCUT2D eigenvalue weighted by Crippen LogP contribution is -2.14. The van der Waals surface area contributed by atoms with Gasteiger partial charge in [0.2, 0.25) is 11.1 Å². The Kier molecular flexibility index (Phi) is 6.83. The minimum absolute atomic E-state index is 0.152. The van der Waals surface area contributed by atoms with E-state index in [0.717, 1.165) is 16.9 Å². The Hall–Kier alpha value is -2.22. The van der Waals surface area contributed by atoms with Gasteiger partial charge in [0.15, 0.2) is 5.82 Å². The van der Waals surface area contributed by atoms with E-state index >= 15 is 0 Å². The average molecular weight is 437 g/mol. The second kappa shape index (κ2) is 9.32. The van der Waals surface area contributed by atoms with Crippen LogP contribution < -0.4 is 10.1 Å². The fraction of sp³-hybridized carbons (Fsp3) is 0.211. The number of amides is 1. The molecule has 146 valence electrons. The van der Waals surface area contributed by atoms with E-state index in [1.807, 2.05) is 32.0 Å². The third kappa shape index (κ3) is 5.64. The molecular formula is C19H18Cl2N4O2S. The highest BCUT2D eigenvalue weighted by Gasteiger charge is 2.10. The minimum Gasteiger partial charge on any atom is -0.485 e. The zero-order valence-corrected chi connectivity index (χ0v) is 17.6. The topological polar surface area (TPSA) is 79.9 Å². The highest BCUT2D eigenvalue weighted by atomic mass is 35.5. The van der Waals surface area contributed by atoms with Gasteiger partial charge >= 0.3 is 0 Å². The maximum atomic E-state index is 12.1. The van der Waals surface area contributed by atoms with Crippen LogP contribution in [0, 0.1) is 13.8 Å². The standard InChI is InChI=1S/C19H18Cl2N4O2S/c1-11-4-3-5-12(2)18(11)27-9-16-23-19(25-24-16)28-10-17(26)22-15-7-13(20)6-14(21)8-15/h3-8H,9-10H2,1-2H3,(H,22,26)(H,23,24,25). The van der Waals surface area contributed by atoms with Crippen molar-refractivity contribution in [1.82, 2.24) is 15.2 Å². The molecule has 0 bridgehead atoms. The largest absolute Gasteiger partial charge is 0.485 e. The zero-order valence-electron chi connectivity index (χ0n) is 15.3. The Bertz CT molecular complexity index is 953. The molecule has 0 radical (unpaired) electrons. The van der Waals surface area contributed by atoms with Crippen molar-refractivity contribution in [1.29, 1.82) is 0 Å². The Morgan fingerprint density at radius 3 is 2.54 bits per heavy atom. The van der Waals surface area contributed by atoms with Crippen molar-refractivity contribution < 1.29 is 9.53 Å². The lowest BCUT2D eigenvalue weighted by atomic mass is 10.1. The molecule has 0 aliphatic rings. The number of halogens is 2. The number of aromatic nitrogens is 3. The molecule has 0 saturated carbocycles. The number of ether oxygens (including phenoxy) is 1. The number of thioether (sulfide) groups is 1. The van der Waals surface area contributed by atoms with Crippen molar-refractivity contribution in [3.63, 3.8) is 0 Å². The van der Waals surface area contributed by atoms with E-state index in [0.29, 0.717) is 26.7 Å². The Balaban J connectivity index is 1.51. The van der Waals surface area contributed by atoms with E-state index in [1.54, 1.807) is 18.2 Å². The molecule has 6 nitrogen and oxygen atoms in total. The molecule has 3 rings (SSSR count). The number of anilines is 1. The van der Waals surface area contributed by atoms with E-state index in [1.165, 1.54) is 11.8 Å². The summed E-state index contributed by atoms with van der Waals surface area (Å²) in [6.45, 7) is 4.26. The van der Waals surface area contributed by atoms with Crippen LogP contribution in [-0.2, 0) is 11.4 Å². The van der Waals surface area contributed by atoms with Crippen molar-refractivity contribution >= 4 is 46.6 Å². The van der Waals surface area contributed by atoms with Crippen LogP contribution in [0.25, 0.3) is 0 Å². The molecule has 1 amide bonds. The number of hydrogen-bond donors (Lipinski definition) is 2. The molecule has 28 heavy (non-hydrogen) atoms. The van der Waals surface area contributed by atoms with Gasteiger partial charge in [-0.25, -0.2) is 4.98 Å². The number of aromatic amines is 1. The van der Waals surface area contributed by atoms with E-state index in [9.17, 15) is 4.79 Å². The summed E-state index contributed by atoms with van der Waals surface area (Å²) >= 11 is 13.1. The van der Waals surface area contributed by atoms with Crippen LogP contribution in [0.1, 0.15) is 17.0 Å². The molecule has 0 aliphatic heterocycles. The molecule has 1 heterocycles. The van der Waals surface area contributed by atoms with Gasteiger partial charge in [-0.1, -0.05) is 53.2 Å². The monoisotopic (exact) mass is 436 g/mol. The summed E-state index contributed by atoms with van der Waals surface area (Å²) in [4.78, 5) is 16.4. The molecule has 0 fully saturated rings. The van der Waals surface area contributed by atoms with Crippen LogP contribution in [0.3, 0.4) is 0 Å². The first-order chi connectivity index (χ1) is 13.4. The summed E-state index contributed by atoms with van der Waals surface area (Å²) in [5.74, 6) is 1.38. The van der Waals surface area contributed by atoms with Crippen molar-refractivity contribution in [3.8, 4) is 5.75 Å². The molecule has 0 spiro atoms. The fourth-order valence-electron chi connectivity index (χ4n) is 2.53. The highest BCUT2D eigenvalue weighted by molar-refractivity contribution is 7.99. The van der Waals surface area contributed by atoms with Crippen molar-refractivity contribution in [3.05, 3.63) is 63.4 Å². The fourth-order valence-corrected chi connectivity index (χ4v) is 3.67. The second-order valence-corrected chi connectivity index (χ2v) is 7.88. The number of carbonyl (C=O) groups is 1. The van der Waals surface area contributed by atoms with Gasteiger partial charge in [-0.05, 0) is 43.2 Å². The van der Waals surface area contributed by atoms with Crippen molar-refractivity contribution in [2.75, 3.05) is 11.1 Å². The SMILES string of the molecule is Cc1cccc(C)c1OCc1nc(SCC(=O)Nc2cc(Cl)cc(Cl)c2)n[nH]1. The number of benzene rings is 2. The minimum atomic E-state index is -0.207. The molecule has 9 heteroatoms. The van der Waals surface area contributed by atoms with Crippen LogP contribution in [0.5, 0.6) is 5.75 Å². The Morgan fingerprint density at radius 1 is 1.18 bits per heavy atom. The Morgan fingerprint density at radius 2 is 1.86 bits per heavy atom. The maximum Gasteiger partial charge on any atom is 0.234 e. The molecule has 2 aromatic carbocycles. The summed E-state index contributed by atoms with van der Waals surface area (Å²) in [6, 6.07) is 10.8. The molecule has 3 aromatic rings. The van der Waals surface area contributed by atoms with Crippen LogP contribution in [0.2, 0.25) is 10.0 Å². The number of carbonyl (C=O) groups excluding carboxylic acids is 1. The number of hydrogen-bond acceptors (Lipinski definition) is 5.